The van der Waals surface area contributed by atoms with Crippen LogP contribution in [0.3, 0.4) is 0 Å². The monoisotopic (exact) mass is 457 g/mol. The molecule has 2 atom stereocenters. The molecule has 9 nitrogen and oxygen atoms in total. The van der Waals surface area contributed by atoms with E-state index >= 15 is 0 Å². The molecule has 2 saturated heterocycles. The van der Waals surface area contributed by atoms with E-state index in [4.69, 9.17) is 9.47 Å². The van der Waals surface area contributed by atoms with Crippen molar-refractivity contribution in [2.75, 3.05) is 39.4 Å². The number of hydrogen-bond acceptors (Lipinski definition) is 6. The van der Waals surface area contributed by atoms with Gasteiger partial charge in [-0.1, -0.05) is 0 Å². The molecule has 0 radical (unpaired) electrons. The third-order valence-corrected chi connectivity index (χ3v) is 6.64. The summed E-state index contributed by atoms with van der Waals surface area (Å²) in [5.74, 6) is -1.46. The van der Waals surface area contributed by atoms with Gasteiger partial charge in [0.05, 0.1) is 30.2 Å². The van der Waals surface area contributed by atoms with Gasteiger partial charge in [-0.2, -0.15) is 0 Å². The van der Waals surface area contributed by atoms with E-state index in [1.54, 1.807) is 0 Å². The second-order valence-electron chi connectivity index (χ2n) is 7.63. The van der Waals surface area contributed by atoms with Gasteiger partial charge >= 0.3 is 0 Å². The van der Waals surface area contributed by atoms with Crippen LogP contribution in [0.15, 0.2) is 29.2 Å². The molecule has 172 valence electrons. The van der Waals surface area contributed by atoms with Gasteiger partial charge in [0.1, 0.15) is 5.82 Å². The summed E-state index contributed by atoms with van der Waals surface area (Å²) in [6, 6.07) is 4.28. The van der Waals surface area contributed by atoms with E-state index < -0.39 is 28.3 Å². The van der Waals surface area contributed by atoms with E-state index in [2.05, 4.69) is 10.0 Å². The Bertz CT molecular complexity index is 852. The molecule has 0 saturated carbocycles. The lowest BCUT2D eigenvalue weighted by Gasteiger charge is -2.25. The van der Waals surface area contributed by atoms with Crippen molar-refractivity contribution in [1.29, 1.82) is 0 Å². The van der Waals surface area contributed by atoms with Gasteiger partial charge in [-0.05, 0) is 49.9 Å². The molecule has 1 aromatic rings. The lowest BCUT2D eigenvalue weighted by atomic mass is 10.2. The SMILES string of the molecule is O=C(CN(CC1CCCO1)C(=O)CNS(=O)(=O)c1ccc(F)cc1)NCC1CCCO1. The number of nitrogens with zero attached hydrogens (tertiary/aromatic N) is 1. The van der Waals surface area contributed by atoms with Gasteiger partial charge in [0.2, 0.25) is 21.8 Å². The fourth-order valence-electron chi connectivity index (χ4n) is 3.52. The average molecular weight is 458 g/mol. The highest BCUT2D eigenvalue weighted by atomic mass is 32.2. The molecule has 2 heterocycles. The number of amides is 2. The largest absolute Gasteiger partial charge is 0.376 e. The molecule has 31 heavy (non-hydrogen) atoms. The number of carbonyl (C=O) groups excluding carboxylic acids is 2. The van der Waals surface area contributed by atoms with Crippen molar-refractivity contribution >= 4 is 21.8 Å². The maximum Gasteiger partial charge on any atom is 0.241 e. The highest BCUT2D eigenvalue weighted by molar-refractivity contribution is 7.89. The van der Waals surface area contributed by atoms with E-state index in [0.29, 0.717) is 19.8 Å². The predicted octanol–water partition coefficient (Wildman–Crippen LogP) is 0.407. The van der Waals surface area contributed by atoms with Crippen LogP contribution < -0.4 is 10.0 Å². The van der Waals surface area contributed by atoms with Crippen LogP contribution in [-0.4, -0.2) is 76.7 Å². The highest BCUT2D eigenvalue weighted by Gasteiger charge is 2.26. The molecular formula is C20H28FN3O6S. The van der Waals surface area contributed by atoms with Gasteiger partial charge in [-0.3, -0.25) is 9.59 Å². The first-order valence-electron chi connectivity index (χ1n) is 10.4. The fourth-order valence-corrected chi connectivity index (χ4v) is 4.49. The summed E-state index contributed by atoms with van der Waals surface area (Å²) in [6.45, 7) is 1.12. The van der Waals surface area contributed by atoms with Crippen molar-refractivity contribution in [1.82, 2.24) is 14.9 Å². The Labute approximate surface area is 181 Å². The Kier molecular flexibility index (Phi) is 8.35. The van der Waals surface area contributed by atoms with Crippen molar-refractivity contribution in [3.63, 3.8) is 0 Å². The zero-order chi connectivity index (χ0) is 22.3. The van der Waals surface area contributed by atoms with Gasteiger partial charge in [0.25, 0.3) is 0 Å². The first-order chi connectivity index (χ1) is 14.8. The number of sulfonamides is 1. The van der Waals surface area contributed by atoms with Crippen molar-refractivity contribution < 1.29 is 31.9 Å². The molecule has 2 aliphatic heterocycles. The minimum atomic E-state index is -4.00. The fraction of sp³-hybridized carbons (Fsp3) is 0.600. The standard InChI is InChI=1S/C20H28FN3O6S/c21-15-5-7-18(8-6-15)31(27,28)23-12-20(26)24(13-17-4-2-10-30-17)14-19(25)22-11-16-3-1-9-29-16/h5-8,16-17,23H,1-4,9-14H2,(H,22,25). The Morgan fingerprint density at radius 2 is 1.71 bits per heavy atom. The Morgan fingerprint density at radius 1 is 1.06 bits per heavy atom. The summed E-state index contributed by atoms with van der Waals surface area (Å²) in [4.78, 5) is 26.3. The molecular weight excluding hydrogens is 429 g/mol. The first kappa shape index (κ1) is 23.6. The van der Waals surface area contributed by atoms with Crippen molar-refractivity contribution in [2.24, 2.45) is 0 Å². The molecule has 0 spiro atoms. The van der Waals surface area contributed by atoms with E-state index in [0.717, 1.165) is 49.9 Å². The van der Waals surface area contributed by atoms with Gasteiger partial charge in [-0.15, -0.1) is 0 Å². The van der Waals surface area contributed by atoms with Crippen LogP contribution >= 0.6 is 0 Å². The molecule has 3 rings (SSSR count). The minimum absolute atomic E-state index is 0.0196. The van der Waals surface area contributed by atoms with Crippen LogP contribution in [0.4, 0.5) is 4.39 Å². The summed E-state index contributed by atoms with van der Waals surface area (Å²) < 4.78 is 51.0. The highest BCUT2D eigenvalue weighted by Crippen LogP contribution is 2.14. The third-order valence-electron chi connectivity index (χ3n) is 5.22. The zero-order valence-corrected chi connectivity index (χ0v) is 18.0. The van der Waals surface area contributed by atoms with Crippen LogP contribution in [0, 0.1) is 5.82 Å². The summed E-state index contributed by atoms with van der Waals surface area (Å²) in [5.41, 5.74) is 0. The topological polar surface area (TPSA) is 114 Å². The van der Waals surface area contributed by atoms with Crippen molar-refractivity contribution in [3.05, 3.63) is 30.1 Å². The van der Waals surface area contributed by atoms with E-state index in [1.807, 2.05) is 0 Å². The summed E-state index contributed by atoms with van der Waals surface area (Å²) in [7, 11) is -4.00. The second-order valence-corrected chi connectivity index (χ2v) is 9.39. The van der Waals surface area contributed by atoms with Crippen LogP contribution in [0.5, 0.6) is 0 Å². The Balaban J connectivity index is 1.56. The predicted molar refractivity (Wildman–Crippen MR) is 109 cm³/mol. The van der Waals surface area contributed by atoms with Gasteiger partial charge < -0.3 is 19.7 Å². The molecule has 0 aliphatic carbocycles. The smallest absolute Gasteiger partial charge is 0.241 e. The van der Waals surface area contributed by atoms with Crippen LogP contribution in [-0.2, 0) is 29.1 Å². The maximum atomic E-state index is 13.0. The van der Waals surface area contributed by atoms with Crippen LogP contribution in [0.1, 0.15) is 25.7 Å². The molecule has 2 fully saturated rings. The molecule has 2 amide bonds. The Morgan fingerprint density at radius 3 is 2.32 bits per heavy atom. The summed E-state index contributed by atoms with van der Waals surface area (Å²) in [6.07, 6.45) is 3.26. The van der Waals surface area contributed by atoms with E-state index in [-0.39, 0.29) is 36.1 Å². The van der Waals surface area contributed by atoms with Gasteiger partial charge in [0.15, 0.2) is 0 Å². The number of carbonyl (C=O) groups is 2. The maximum absolute atomic E-state index is 13.0. The molecule has 2 N–H and O–H groups in total. The molecule has 1 aromatic carbocycles. The third kappa shape index (κ3) is 7.23. The second kappa shape index (κ2) is 11.0. The number of hydrogen-bond donors (Lipinski definition) is 2. The molecule has 2 unspecified atom stereocenters. The summed E-state index contributed by atoms with van der Waals surface area (Å²) >= 11 is 0. The van der Waals surface area contributed by atoms with Crippen LogP contribution in [0.25, 0.3) is 0 Å². The zero-order valence-electron chi connectivity index (χ0n) is 17.2. The van der Waals surface area contributed by atoms with Crippen molar-refractivity contribution in [2.45, 2.75) is 42.8 Å². The average Bonchev–Trinajstić information content (AvgIpc) is 3.44. The van der Waals surface area contributed by atoms with E-state index in [1.165, 1.54) is 4.90 Å². The number of rotatable bonds is 10. The Hall–Kier alpha value is -2.08. The van der Waals surface area contributed by atoms with Gasteiger partial charge in [-0.25, -0.2) is 17.5 Å². The summed E-state index contributed by atoms with van der Waals surface area (Å²) in [5, 5.41) is 2.77. The minimum Gasteiger partial charge on any atom is -0.376 e. The first-order valence-corrected chi connectivity index (χ1v) is 11.8. The molecule has 11 heteroatoms. The van der Waals surface area contributed by atoms with Gasteiger partial charge in [0, 0.05) is 26.3 Å². The van der Waals surface area contributed by atoms with E-state index in [9.17, 15) is 22.4 Å². The quantitative estimate of drug-likeness (QED) is 0.526. The number of halogens is 1. The van der Waals surface area contributed by atoms with Crippen LogP contribution in [0.2, 0.25) is 0 Å². The lowest BCUT2D eigenvalue weighted by Crippen LogP contribution is -2.48. The number of benzene rings is 1. The molecule has 2 aliphatic rings. The lowest BCUT2D eigenvalue weighted by molar-refractivity contribution is -0.136. The molecule has 0 bridgehead atoms. The number of nitrogens with one attached hydrogen (secondary N) is 2. The number of ether oxygens (including phenoxy) is 2. The van der Waals surface area contributed by atoms with Crippen molar-refractivity contribution in [3.8, 4) is 0 Å². The molecule has 0 aromatic heterocycles. The normalized spacial score (nSPS) is 21.2.